The van der Waals surface area contributed by atoms with E-state index < -0.39 is 17.6 Å². The number of carboxylic acids is 1. The van der Waals surface area contributed by atoms with Gasteiger partial charge in [-0.25, -0.2) is 5.48 Å². The summed E-state index contributed by atoms with van der Waals surface area (Å²) in [4.78, 5) is 10.6. The molecule has 2 unspecified atom stereocenters. The van der Waals surface area contributed by atoms with E-state index in [0.717, 1.165) is 0 Å². The van der Waals surface area contributed by atoms with Gasteiger partial charge in [-0.3, -0.25) is 4.79 Å². The van der Waals surface area contributed by atoms with E-state index in [4.69, 9.17) is 16.0 Å². The third-order valence-corrected chi connectivity index (χ3v) is 1.95. The molecule has 11 heavy (non-hydrogen) atoms. The quantitative estimate of drug-likeness (QED) is 0.420. The van der Waals surface area contributed by atoms with Crippen molar-refractivity contribution in [3.63, 3.8) is 0 Å². The number of hydroxylamine groups is 1. The Morgan fingerprint density at radius 1 is 1.82 bits per heavy atom. The average molecular weight is 162 g/mol. The predicted octanol–water partition coefficient (Wildman–Crippen LogP) is -0.454. The van der Waals surface area contributed by atoms with E-state index in [9.17, 15) is 4.79 Å². The van der Waals surface area contributed by atoms with Crippen molar-refractivity contribution in [2.24, 2.45) is 5.73 Å². The molecule has 0 aliphatic rings. The third kappa shape index (κ3) is 1.89. The number of aliphatic carboxylic acids is 1. The summed E-state index contributed by atoms with van der Waals surface area (Å²) in [6.45, 7) is 3.17. The van der Waals surface area contributed by atoms with Crippen LogP contribution in [0.4, 0.5) is 0 Å². The highest BCUT2D eigenvalue weighted by Crippen LogP contribution is 2.11. The summed E-state index contributed by atoms with van der Waals surface area (Å²) in [5.41, 5.74) is 5.91. The second-order valence-electron chi connectivity index (χ2n) is 2.55. The maximum atomic E-state index is 10.6. The Labute approximate surface area is 65.2 Å². The van der Waals surface area contributed by atoms with Crippen LogP contribution in [0, 0.1) is 0 Å². The van der Waals surface area contributed by atoms with E-state index in [1.54, 1.807) is 6.92 Å². The fraction of sp³-hybridized carbons (Fsp3) is 0.833. The number of hydrogen-bond acceptors (Lipinski definition) is 4. The molecule has 0 amide bonds. The number of rotatable bonds is 4. The largest absolute Gasteiger partial charge is 0.480 e. The topological polar surface area (TPSA) is 95.6 Å². The van der Waals surface area contributed by atoms with Gasteiger partial charge in [0.15, 0.2) is 0 Å². The Bertz CT molecular complexity index is 151. The van der Waals surface area contributed by atoms with E-state index in [2.05, 4.69) is 0 Å². The molecule has 5 heteroatoms. The molecular formula is C6H14N2O3. The van der Waals surface area contributed by atoms with Gasteiger partial charge in [0.25, 0.3) is 0 Å². The van der Waals surface area contributed by atoms with Crippen LogP contribution in [0.15, 0.2) is 0 Å². The second-order valence-corrected chi connectivity index (χ2v) is 2.55. The van der Waals surface area contributed by atoms with E-state index in [1.165, 1.54) is 6.92 Å². The smallest absolute Gasteiger partial charge is 0.325 e. The van der Waals surface area contributed by atoms with Crippen LogP contribution in [0.25, 0.3) is 0 Å². The van der Waals surface area contributed by atoms with Crippen molar-refractivity contribution in [1.29, 1.82) is 0 Å². The second kappa shape index (κ2) is 3.66. The van der Waals surface area contributed by atoms with Gasteiger partial charge in [0, 0.05) is 0 Å². The molecule has 5 nitrogen and oxygen atoms in total. The first kappa shape index (κ1) is 10.3. The highest BCUT2D eigenvalue weighted by atomic mass is 16.5. The molecular weight excluding hydrogens is 148 g/mol. The van der Waals surface area contributed by atoms with Gasteiger partial charge >= 0.3 is 5.97 Å². The van der Waals surface area contributed by atoms with Crippen molar-refractivity contribution in [2.45, 2.75) is 31.8 Å². The number of hydrogen-bond donors (Lipinski definition) is 4. The molecule has 0 aromatic rings. The van der Waals surface area contributed by atoms with Gasteiger partial charge in [0.2, 0.25) is 0 Å². The fourth-order valence-corrected chi connectivity index (χ4v) is 0.758. The average Bonchev–Trinajstić information content (AvgIpc) is 2.01. The lowest BCUT2D eigenvalue weighted by Gasteiger charge is -2.28. The van der Waals surface area contributed by atoms with Gasteiger partial charge in [-0.15, -0.1) is 0 Å². The summed E-state index contributed by atoms with van der Waals surface area (Å²) in [5.74, 6) is -1.12. The van der Waals surface area contributed by atoms with Gasteiger partial charge in [-0.05, 0) is 13.3 Å². The SMILES string of the molecule is CCC(N)(C(=O)O)C(C)NO. The molecule has 0 fully saturated rings. The van der Waals surface area contributed by atoms with Crippen LogP contribution in [-0.4, -0.2) is 27.9 Å². The summed E-state index contributed by atoms with van der Waals surface area (Å²) in [6, 6.07) is -0.662. The van der Waals surface area contributed by atoms with Gasteiger partial charge in [0.05, 0.1) is 6.04 Å². The fourth-order valence-electron chi connectivity index (χ4n) is 0.758. The number of nitrogens with two attached hydrogens (primary N) is 1. The summed E-state index contributed by atoms with van der Waals surface area (Å²) in [6.07, 6.45) is 0.261. The van der Waals surface area contributed by atoms with Gasteiger partial charge < -0.3 is 16.0 Å². The van der Waals surface area contributed by atoms with Crippen LogP contribution in [0.3, 0.4) is 0 Å². The van der Waals surface area contributed by atoms with E-state index in [0.29, 0.717) is 0 Å². The van der Waals surface area contributed by atoms with Crippen molar-refractivity contribution < 1.29 is 15.1 Å². The van der Waals surface area contributed by atoms with Crippen LogP contribution in [0.1, 0.15) is 20.3 Å². The van der Waals surface area contributed by atoms with Crippen LogP contribution in [0.5, 0.6) is 0 Å². The molecule has 0 aromatic heterocycles. The molecule has 2 atom stereocenters. The molecule has 0 bridgehead atoms. The summed E-state index contributed by atoms with van der Waals surface area (Å²) in [7, 11) is 0. The molecule has 0 saturated heterocycles. The number of carbonyl (C=O) groups is 1. The van der Waals surface area contributed by atoms with Gasteiger partial charge in [-0.1, -0.05) is 6.92 Å². The molecule has 0 rings (SSSR count). The van der Waals surface area contributed by atoms with Gasteiger partial charge in [0.1, 0.15) is 5.54 Å². The van der Waals surface area contributed by atoms with Crippen LogP contribution in [0.2, 0.25) is 0 Å². The highest BCUT2D eigenvalue weighted by Gasteiger charge is 2.37. The molecule has 0 aliphatic carbocycles. The van der Waals surface area contributed by atoms with Gasteiger partial charge in [-0.2, -0.15) is 0 Å². The maximum Gasteiger partial charge on any atom is 0.325 e. The first-order valence-corrected chi connectivity index (χ1v) is 3.41. The van der Waals surface area contributed by atoms with Crippen LogP contribution < -0.4 is 11.2 Å². The van der Waals surface area contributed by atoms with E-state index in [1.807, 2.05) is 5.48 Å². The molecule has 0 saturated carbocycles. The Hall–Kier alpha value is -0.650. The lowest BCUT2D eigenvalue weighted by atomic mass is 9.90. The van der Waals surface area contributed by atoms with Crippen molar-refractivity contribution in [2.75, 3.05) is 0 Å². The molecule has 0 spiro atoms. The molecule has 0 aromatic carbocycles. The number of nitrogens with one attached hydrogen (secondary N) is 1. The zero-order valence-corrected chi connectivity index (χ0v) is 6.66. The van der Waals surface area contributed by atoms with Crippen LogP contribution in [-0.2, 0) is 4.79 Å². The highest BCUT2D eigenvalue weighted by molar-refractivity contribution is 5.79. The molecule has 66 valence electrons. The Morgan fingerprint density at radius 3 is 2.36 bits per heavy atom. The summed E-state index contributed by atoms with van der Waals surface area (Å²) >= 11 is 0. The van der Waals surface area contributed by atoms with E-state index in [-0.39, 0.29) is 6.42 Å². The zero-order valence-electron chi connectivity index (χ0n) is 6.66. The Kier molecular flexibility index (Phi) is 3.44. The minimum Gasteiger partial charge on any atom is -0.480 e. The minimum absolute atomic E-state index is 0.261. The van der Waals surface area contributed by atoms with Crippen molar-refractivity contribution in [3.05, 3.63) is 0 Å². The third-order valence-electron chi connectivity index (χ3n) is 1.95. The maximum absolute atomic E-state index is 10.6. The minimum atomic E-state index is -1.39. The van der Waals surface area contributed by atoms with Crippen molar-refractivity contribution in [1.82, 2.24) is 5.48 Å². The zero-order chi connectivity index (χ0) is 9.07. The monoisotopic (exact) mass is 162 g/mol. The lowest BCUT2D eigenvalue weighted by molar-refractivity contribution is -0.145. The summed E-state index contributed by atoms with van der Waals surface area (Å²) < 4.78 is 0. The Balaban J connectivity index is 4.45. The first-order chi connectivity index (χ1) is 4.99. The summed E-state index contributed by atoms with van der Waals surface area (Å²) in [5, 5.41) is 17.1. The predicted molar refractivity (Wildman–Crippen MR) is 39.2 cm³/mol. The standard InChI is InChI=1S/C6H14N2O3/c1-3-6(7,5(9)10)4(2)8-11/h4,8,11H,3,7H2,1-2H3,(H,9,10). The van der Waals surface area contributed by atoms with Crippen molar-refractivity contribution >= 4 is 5.97 Å². The number of carboxylic acid groups (broad SMARTS) is 1. The first-order valence-electron chi connectivity index (χ1n) is 3.41. The Morgan fingerprint density at radius 2 is 2.27 bits per heavy atom. The molecule has 0 radical (unpaired) electrons. The van der Waals surface area contributed by atoms with Crippen molar-refractivity contribution in [3.8, 4) is 0 Å². The molecule has 0 aliphatic heterocycles. The molecule has 0 heterocycles. The normalized spacial score (nSPS) is 18.9. The lowest BCUT2D eigenvalue weighted by Crippen LogP contribution is -2.60. The van der Waals surface area contributed by atoms with E-state index >= 15 is 0 Å². The molecule has 5 N–H and O–H groups in total. The van der Waals surface area contributed by atoms with Crippen LogP contribution >= 0.6 is 0 Å².